The number of hydrogen-bond donors (Lipinski definition) is 1. The van der Waals surface area contributed by atoms with Crippen LogP contribution in [0.15, 0.2) is 24.3 Å². The SMILES string of the molecule is COc1ccc(C(C)NC(=O)COC(C)(C)C)cc1. The number of benzene rings is 1. The van der Waals surface area contributed by atoms with E-state index in [0.29, 0.717) is 0 Å². The standard InChI is InChI=1S/C15H23NO3/c1-11(12-6-8-13(18-5)9-7-12)16-14(17)10-19-15(2,3)4/h6-9,11H,10H2,1-5H3,(H,16,17). The summed E-state index contributed by atoms with van der Waals surface area (Å²) < 4.78 is 10.5. The summed E-state index contributed by atoms with van der Waals surface area (Å²) in [6, 6.07) is 7.58. The Kier molecular flexibility index (Phi) is 5.36. The first-order valence-corrected chi connectivity index (χ1v) is 6.39. The molecule has 4 heteroatoms. The number of amides is 1. The van der Waals surface area contributed by atoms with E-state index in [9.17, 15) is 4.79 Å². The highest BCUT2D eigenvalue weighted by molar-refractivity contribution is 5.77. The minimum atomic E-state index is -0.305. The molecular formula is C15H23NO3. The summed E-state index contributed by atoms with van der Waals surface area (Å²) in [7, 11) is 1.63. The Bertz CT molecular complexity index is 406. The summed E-state index contributed by atoms with van der Waals surface area (Å²) in [6.45, 7) is 7.79. The molecule has 1 aromatic carbocycles. The molecule has 0 heterocycles. The van der Waals surface area contributed by atoms with E-state index >= 15 is 0 Å². The van der Waals surface area contributed by atoms with Gasteiger partial charge in [-0.05, 0) is 45.4 Å². The van der Waals surface area contributed by atoms with Crippen molar-refractivity contribution in [1.29, 1.82) is 0 Å². The average Bonchev–Trinajstić information content (AvgIpc) is 2.35. The summed E-state index contributed by atoms with van der Waals surface area (Å²) in [4.78, 5) is 11.7. The van der Waals surface area contributed by atoms with Gasteiger partial charge in [-0.1, -0.05) is 12.1 Å². The number of carbonyl (C=O) groups is 1. The smallest absolute Gasteiger partial charge is 0.246 e. The van der Waals surface area contributed by atoms with Crippen molar-refractivity contribution < 1.29 is 14.3 Å². The maximum atomic E-state index is 11.7. The Morgan fingerprint density at radius 2 is 1.84 bits per heavy atom. The molecule has 1 aromatic rings. The minimum absolute atomic E-state index is 0.0537. The number of carbonyl (C=O) groups excluding carboxylic acids is 1. The van der Waals surface area contributed by atoms with Gasteiger partial charge in [-0.2, -0.15) is 0 Å². The van der Waals surface area contributed by atoms with Crippen molar-refractivity contribution in [3.8, 4) is 5.75 Å². The van der Waals surface area contributed by atoms with Crippen molar-refractivity contribution >= 4 is 5.91 Å². The highest BCUT2D eigenvalue weighted by Crippen LogP contribution is 2.17. The van der Waals surface area contributed by atoms with Crippen LogP contribution in [0.5, 0.6) is 5.75 Å². The molecule has 0 aliphatic rings. The number of ether oxygens (including phenoxy) is 2. The second kappa shape index (κ2) is 6.57. The normalized spacial score (nSPS) is 12.9. The van der Waals surface area contributed by atoms with Crippen LogP contribution in [0.3, 0.4) is 0 Å². The highest BCUT2D eigenvalue weighted by Gasteiger charge is 2.14. The molecule has 0 spiro atoms. The summed E-state index contributed by atoms with van der Waals surface area (Å²) in [5.41, 5.74) is 0.727. The van der Waals surface area contributed by atoms with Crippen LogP contribution < -0.4 is 10.1 Å². The van der Waals surface area contributed by atoms with Crippen molar-refractivity contribution in [2.24, 2.45) is 0 Å². The zero-order chi connectivity index (χ0) is 14.5. The molecule has 0 aromatic heterocycles. The first-order valence-electron chi connectivity index (χ1n) is 6.39. The van der Waals surface area contributed by atoms with Crippen molar-refractivity contribution in [1.82, 2.24) is 5.32 Å². The van der Waals surface area contributed by atoms with Gasteiger partial charge < -0.3 is 14.8 Å². The Morgan fingerprint density at radius 3 is 2.32 bits per heavy atom. The molecule has 0 bridgehead atoms. The Balaban J connectivity index is 2.49. The second-order valence-electron chi connectivity index (χ2n) is 5.46. The molecule has 0 aliphatic carbocycles. The van der Waals surface area contributed by atoms with Crippen LogP contribution in [0.2, 0.25) is 0 Å². The molecule has 1 rings (SSSR count). The summed E-state index contributed by atoms with van der Waals surface area (Å²) in [5.74, 6) is 0.691. The highest BCUT2D eigenvalue weighted by atomic mass is 16.5. The summed E-state index contributed by atoms with van der Waals surface area (Å²) in [6.07, 6.45) is 0. The Hall–Kier alpha value is -1.55. The van der Waals surface area contributed by atoms with Gasteiger partial charge in [0.1, 0.15) is 12.4 Å². The molecule has 0 aliphatic heterocycles. The molecule has 4 nitrogen and oxygen atoms in total. The zero-order valence-corrected chi connectivity index (χ0v) is 12.3. The lowest BCUT2D eigenvalue weighted by molar-refractivity contribution is -0.131. The molecule has 0 saturated carbocycles. The molecule has 0 radical (unpaired) electrons. The van der Waals surface area contributed by atoms with Crippen molar-refractivity contribution in [3.63, 3.8) is 0 Å². The van der Waals surface area contributed by atoms with E-state index in [1.165, 1.54) is 0 Å². The molecule has 1 N–H and O–H groups in total. The van der Waals surface area contributed by atoms with Gasteiger partial charge >= 0.3 is 0 Å². The third-order valence-electron chi connectivity index (χ3n) is 2.63. The van der Waals surface area contributed by atoms with Crippen LogP contribution in [0, 0.1) is 0 Å². The molecular weight excluding hydrogens is 242 g/mol. The topological polar surface area (TPSA) is 47.6 Å². The first kappa shape index (κ1) is 15.5. The fraction of sp³-hybridized carbons (Fsp3) is 0.533. The second-order valence-corrected chi connectivity index (χ2v) is 5.46. The fourth-order valence-corrected chi connectivity index (χ4v) is 1.54. The van der Waals surface area contributed by atoms with E-state index in [0.717, 1.165) is 11.3 Å². The first-order chi connectivity index (χ1) is 8.81. The number of hydrogen-bond acceptors (Lipinski definition) is 3. The van der Waals surface area contributed by atoms with E-state index in [-0.39, 0.29) is 24.2 Å². The van der Waals surface area contributed by atoms with Gasteiger partial charge in [-0.3, -0.25) is 4.79 Å². The maximum absolute atomic E-state index is 11.7. The van der Waals surface area contributed by atoms with Gasteiger partial charge in [0.05, 0.1) is 18.8 Å². The number of nitrogens with one attached hydrogen (secondary N) is 1. The summed E-state index contributed by atoms with van der Waals surface area (Å²) in [5, 5.41) is 2.90. The predicted octanol–water partition coefficient (Wildman–Crippen LogP) is 2.69. The monoisotopic (exact) mass is 265 g/mol. The van der Waals surface area contributed by atoms with Crippen LogP contribution >= 0.6 is 0 Å². The average molecular weight is 265 g/mol. The van der Waals surface area contributed by atoms with Gasteiger partial charge in [-0.25, -0.2) is 0 Å². The molecule has 1 atom stereocenters. The van der Waals surface area contributed by atoms with Gasteiger partial charge in [0.25, 0.3) is 0 Å². The van der Waals surface area contributed by atoms with E-state index in [1.807, 2.05) is 52.0 Å². The van der Waals surface area contributed by atoms with Gasteiger partial charge in [0.2, 0.25) is 5.91 Å². The van der Waals surface area contributed by atoms with E-state index in [1.54, 1.807) is 7.11 Å². The van der Waals surface area contributed by atoms with E-state index in [4.69, 9.17) is 9.47 Å². The maximum Gasteiger partial charge on any atom is 0.246 e. The van der Waals surface area contributed by atoms with Crippen LogP contribution in [-0.2, 0) is 9.53 Å². The van der Waals surface area contributed by atoms with Crippen molar-refractivity contribution in [2.75, 3.05) is 13.7 Å². The molecule has 0 saturated heterocycles. The zero-order valence-electron chi connectivity index (χ0n) is 12.3. The van der Waals surface area contributed by atoms with Crippen LogP contribution in [0.1, 0.15) is 39.3 Å². The van der Waals surface area contributed by atoms with Crippen LogP contribution in [0.25, 0.3) is 0 Å². The molecule has 1 unspecified atom stereocenters. The fourth-order valence-electron chi connectivity index (χ4n) is 1.54. The molecule has 0 fully saturated rings. The Labute approximate surface area is 115 Å². The Morgan fingerprint density at radius 1 is 1.26 bits per heavy atom. The van der Waals surface area contributed by atoms with Gasteiger partial charge in [0.15, 0.2) is 0 Å². The van der Waals surface area contributed by atoms with Gasteiger partial charge in [-0.15, -0.1) is 0 Å². The quantitative estimate of drug-likeness (QED) is 0.890. The van der Waals surface area contributed by atoms with Gasteiger partial charge in [0, 0.05) is 0 Å². The molecule has 19 heavy (non-hydrogen) atoms. The third-order valence-corrected chi connectivity index (χ3v) is 2.63. The largest absolute Gasteiger partial charge is 0.497 e. The van der Waals surface area contributed by atoms with Crippen molar-refractivity contribution in [2.45, 2.75) is 39.3 Å². The van der Waals surface area contributed by atoms with Crippen LogP contribution in [0.4, 0.5) is 0 Å². The lowest BCUT2D eigenvalue weighted by Crippen LogP contribution is -2.33. The summed E-state index contributed by atoms with van der Waals surface area (Å²) >= 11 is 0. The number of methoxy groups -OCH3 is 1. The molecule has 106 valence electrons. The number of rotatable bonds is 5. The lowest BCUT2D eigenvalue weighted by Gasteiger charge is -2.20. The van der Waals surface area contributed by atoms with Crippen molar-refractivity contribution in [3.05, 3.63) is 29.8 Å². The third kappa shape index (κ3) is 5.75. The molecule has 1 amide bonds. The minimum Gasteiger partial charge on any atom is -0.497 e. The predicted molar refractivity (Wildman–Crippen MR) is 75.3 cm³/mol. The van der Waals surface area contributed by atoms with E-state index < -0.39 is 0 Å². The lowest BCUT2D eigenvalue weighted by atomic mass is 10.1. The van der Waals surface area contributed by atoms with Crippen LogP contribution in [-0.4, -0.2) is 25.2 Å². The van der Waals surface area contributed by atoms with E-state index in [2.05, 4.69) is 5.32 Å².